The smallest absolute Gasteiger partial charge is 0.475 e. The molecule has 0 aromatic carbocycles. The number of fused-ring (bicyclic) bond motifs is 1. The number of nitrogens with zero attached hydrogens (tertiary/aromatic N) is 4. The lowest BCUT2D eigenvalue weighted by Gasteiger charge is -2.38. The van der Waals surface area contributed by atoms with Crippen molar-refractivity contribution >= 4 is 23.6 Å². The lowest BCUT2D eigenvalue weighted by Crippen LogP contribution is -2.53. The van der Waals surface area contributed by atoms with Gasteiger partial charge >= 0.3 is 12.1 Å². The molecule has 0 saturated carbocycles. The second kappa shape index (κ2) is 11.6. The number of likely N-dealkylation sites (tertiary alicyclic amines) is 1. The Labute approximate surface area is 223 Å². The summed E-state index contributed by atoms with van der Waals surface area (Å²) in [6.45, 7) is 6.82. The van der Waals surface area contributed by atoms with Gasteiger partial charge in [0.1, 0.15) is 5.82 Å². The summed E-state index contributed by atoms with van der Waals surface area (Å²) in [5, 5.41) is 7.12. The standard InChI is InChI=1S/C24H30N4O4.C2HF3O2/c1-18-6-12-32-21(18)22(29)27-9-4-7-24(23(30)26-10-13-31-14-11-26)17-28(16-19(24)15-27)20-5-2-3-8-25-20;3-2(4,5)1(6)7/h2-3,5-6,8,12,19H,4,7,9-11,13-17H2,1H3;(H,6,7)/t19-,24-;/m0./s1. The van der Waals surface area contributed by atoms with Crippen molar-refractivity contribution in [3.05, 3.63) is 48.0 Å². The maximum atomic E-state index is 13.9. The SMILES string of the molecule is Cc1ccoc1C(=O)N1CCC[C@]2(C(=O)N3CCOCC3)CN(c3ccccn3)C[C@@H]2C1.O=C(O)C(F)(F)F. The van der Waals surface area contributed by atoms with E-state index in [1.807, 2.05) is 41.0 Å². The highest BCUT2D eigenvalue weighted by Crippen LogP contribution is 2.45. The minimum Gasteiger partial charge on any atom is -0.475 e. The van der Waals surface area contributed by atoms with Crippen LogP contribution in [0.15, 0.2) is 41.1 Å². The van der Waals surface area contributed by atoms with Crippen LogP contribution in [0.4, 0.5) is 19.0 Å². The van der Waals surface area contributed by atoms with Gasteiger partial charge in [0.25, 0.3) is 5.91 Å². The zero-order valence-electron chi connectivity index (χ0n) is 21.5. The molecule has 2 amide bonds. The maximum absolute atomic E-state index is 13.9. The molecule has 2 atom stereocenters. The molecular weight excluding hydrogens is 521 g/mol. The molecule has 13 heteroatoms. The lowest BCUT2D eigenvalue weighted by molar-refractivity contribution is -0.192. The van der Waals surface area contributed by atoms with Crippen molar-refractivity contribution in [1.82, 2.24) is 14.8 Å². The van der Waals surface area contributed by atoms with Crippen LogP contribution in [0.1, 0.15) is 29.0 Å². The first-order valence-electron chi connectivity index (χ1n) is 12.7. The number of carboxylic acids is 1. The zero-order valence-corrected chi connectivity index (χ0v) is 21.5. The number of aromatic nitrogens is 1. The highest BCUT2D eigenvalue weighted by molar-refractivity contribution is 5.93. The van der Waals surface area contributed by atoms with E-state index in [1.165, 1.54) is 0 Å². The van der Waals surface area contributed by atoms with E-state index in [2.05, 4.69) is 9.88 Å². The summed E-state index contributed by atoms with van der Waals surface area (Å²) in [6.07, 6.45) is -0.188. The summed E-state index contributed by atoms with van der Waals surface area (Å²) in [5.74, 6) is -1.33. The molecule has 3 aliphatic heterocycles. The number of ether oxygens (including phenoxy) is 1. The van der Waals surface area contributed by atoms with Crippen LogP contribution in [0.5, 0.6) is 0 Å². The van der Waals surface area contributed by atoms with E-state index >= 15 is 0 Å². The number of aliphatic carboxylic acids is 1. The van der Waals surface area contributed by atoms with Gasteiger partial charge in [-0.05, 0) is 38.0 Å². The van der Waals surface area contributed by atoms with Crippen molar-refractivity contribution in [2.75, 3.05) is 57.4 Å². The number of carboxylic acid groups (broad SMARTS) is 1. The van der Waals surface area contributed by atoms with E-state index in [9.17, 15) is 22.8 Å². The van der Waals surface area contributed by atoms with Gasteiger partial charge in [0.05, 0.1) is 24.9 Å². The molecule has 3 fully saturated rings. The third-order valence-corrected chi connectivity index (χ3v) is 7.47. The second-order valence-corrected chi connectivity index (χ2v) is 9.92. The molecule has 10 nitrogen and oxygen atoms in total. The number of alkyl halides is 3. The van der Waals surface area contributed by atoms with E-state index in [-0.39, 0.29) is 17.7 Å². The second-order valence-electron chi connectivity index (χ2n) is 9.92. The number of carbonyl (C=O) groups is 3. The topological polar surface area (TPSA) is 116 Å². The number of hydrogen-bond acceptors (Lipinski definition) is 7. The van der Waals surface area contributed by atoms with Gasteiger partial charge in [-0.25, -0.2) is 9.78 Å². The minimum absolute atomic E-state index is 0.0292. The van der Waals surface area contributed by atoms with Crippen molar-refractivity contribution in [3.63, 3.8) is 0 Å². The van der Waals surface area contributed by atoms with Crippen LogP contribution in [0, 0.1) is 18.3 Å². The molecule has 0 aliphatic carbocycles. The van der Waals surface area contributed by atoms with Gasteiger partial charge in [0.2, 0.25) is 5.91 Å². The first kappa shape index (κ1) is 28.4. The van der Waals surface area contributed by atoms with Crippen LogP contribution in [0.3, 0.4) is 0 Å². The molecule has 0 unspecified atom stereocenters. The van der Waals surface area contributed by atoms with Crippen LogP contribution in [0.2, 0.25) is 0 Å². The van der Waals surface area contributed by atoms with Crippen LogP contribution in [-0.4, -0.2) is 96.3 Å². The molecule has 0 spiro atoms. The molecular formula is C26H31F3N4O6. The Morgan fingerprint density at radius 2 is 1.79 bits per heavy atom. The third-order valence-electron chi connectivity index (χ3n) is 7.47. The van der Waals surface area contributed by atoms with Gasteiger partial charge in [-0.15, -0.1) is 0 Å². The summed E-state index contributed by atoms with van der Waals surface area (Å²) in [4.78, 5) is 46.7. The van der Waals surface area contributed by atoms with Gasteiger partial charge in [0, 0.05) is 56.9 Å². The van der Waals surface area contributed by atoms with Gasteiger partial charge in [-0.2, -0.15) is 13.2 Å². The predicted molar refractivity (Wildman–Crippen MR) is 132 cm³/mol. The highest BCUT2D eigenvalue weighted by atomic mass is 19.4. The molecule has 1 N–H and O–H groups in total. The van der Waals surface area contributed by atoms with Crippen molar-refractivity contribution in [2.24, 2.45) is 11.3 Å². The summed E-state index contributed by atoms with van der Waals surface area (Å²) < 4.78 is 42.7. The number of rotatable bonds is 3. The van der Waals surface area contributed by atoms with E-state index < -0.39 is 17.6 Å². The predicted octanol–water partition coefficient (Wildman–Crippen LogP) is 2.83. The normalized spacial score (nSPS) is 23.4. The number of halogens is 3. The van der Waals surface area contributed by atoms with Crippen LogP contribution in [-0.2, 0) is 14.3 Å². The molecule has 0 radical (unpaired) electrons. The molecule has 3 saturated heterocycles. The molecule has 39 heavy (non-hydrogen) atoms. The number of pyridine rings is 1. The van der Waals surface area contributed by atoms with Gasteiger partial charge in [-0.3, -0.25) is 9.59 Å². The Bertz CT molecular complexity index is 1170. The summed E-state index contributed by atoms with van der Waals surface area (Å²) >= 11 is 0. The number of amides is 2. The maximum Gasteiger partial charge on any atom is 0.490 e. The Morgan fingerprint density at radius 1 is 1.08 bits per heavy atom. The first-order valence-corrected chi connectivity index (χ1v) is 12.7. The van der Waals surface area contributed by atoms with Crippen molar-refractivity contribution in [3.8, 4) is 0 Å². The quantitative estimate of drug-likeness (QED) is 0.618. The highest BCUT2D eigenvalue weighted by Gasteiger charge is 2.55. The Kier molecular flexibility index (Phi) is 8.48. The van der Waals surface area contributed by atoms with E-state index in [4.69, 9.17) is 19.1 Å². The summed E-state index contributed by atoms with van der Waals surface area (Å²) in [5.41, 5.74) is 0.318. The summed E-state index contributed by atoms with van der Waals surface area (Å²) in [7, 11) is 0. The largest absolute Gasteiger partial charge is 0.490 e. The number of furan rings is 1. The molecule has 0 bridgehead atoms. The fourth-order valence-corrected chi connectivity index (χ4v) is 5.50. The number of anilines is 1. The monoisotopic (exact) mass is 552 g/mol. The Balaban J connectivity index is 0.000000448. The molecule has 212 valence electrons. The third kappa shape index (κ3) is 6.18. The Morgan fingerprint density at radius 3 is 2.38 bits per heavy atom. The number of carbonyl (C=O) groups excluding carboxylic acids is 2. The average Bonchev–Trinajstić information content (AvgIpc) is 3.47. The Hall–Kier alpha value is -3.61. The fraction of sp³-hybridized carbons (Fsp3) is 0.538. The van der Waals surface area contributed by atoms with Gasteiger partial charge in [0.15, 0.2) is 5.76 Å². The van der Waals surface area contributed by atoms with Crippen molar-refractivity contribution in [2.45, 2.75) is 25.9 Å². The van der Waals surface area contributed by atoms with E-state index in [0.717, 1.165) is 24.2 Å². The molecule has 3 aliphatic rings. The lowest BCUT2D eigenvalue weighted by atomic mass is 9.73. The average molecular weight is 553 g/mol. The van der Waals surface area contributed by atoms with Crippen LogP contribution < -0.4 is 4.90 Å². The molecule has 2 aromatic heterocycles. The van der Waals surface area contributed by atoms with Crippen LogP contribution >= 0.6 is 0 Å². The molecule has 5 heterocycles. The van der Waals surface area contributed by atoms with Crippen molar-refractivity contribution in [1.29, 1.82) is 0 Å². The van der Waals surface area contributed by atoms with E-state index in [0.29, 0.717) is 58.2 Å². The summed E-state index contributed by atoms with van der Waals surface area (Å²) in [6, 6.07) is 7.68. The number of hydrogen-bond donors (Lipinski definition) is 1. The van der Waals surface area contributed by atoms with Crippen molar-refractivity contribution < 1.29 is 41.8 Å². The number of morpholine rings is 1. The number of aryl methyl sites for hydroxylation is 1. The first-order chi connectivity index (χ1) is 18.5. The fourth-order valence-electron chi connectivity index (χ4n) is 5.50. The molecule has 5 rings (SSSR count). The molecule has 2 aromatic rings. The van der Waals surface area contributed by atoms with Gasteiger partial charge < -0.3 is 29.0 Å². The van der Waals surface area contributed by atoms with Gasteiger partial charge in [-0.1, -0.05) is 6.07 Å². The minimum atomic E-state index is -5.08. The zero-order chi connectivity index (χ0) is 28.2. The van der Waals surface area contributed by atoms with E-state index in [1.54, 1.807) is 12.5 Å². The van der Waals surface area contributed by atoms with Crippen LogP contribution in [0.25, 0.3) is 0 Å².